The van der Waals surface area contributed by atoms with Gasteiger partial charge in [0, 0.05) is 6.92 Å². The van der Waals surface area contributed by atoms with Crippen LogP contribution in [0.4, 0.5) is 5.13 Å². The van der Waals surface area contributed by atoms with E-state index in [0.717, 1.165) is 11.3 Å². The molecular weight excluding hydrogens is 368 g/mol. The Bertz CT molecular complexity index is 820. The molecule has 25 heavy (non-hydrogen) atoms. The van der Waals surface area contributed by atoms with Gasteiger partial charge < -0.3 is 14.8 Å². The molecule has 0 aliphatic rings. The van der Waals surface area contributed by atoms with Crippen molar-refractivity contribution in [1.82, 2.24) is 14.9 Å². The minimum atomic E-state index is -3.85. The second-order valence-electron chi connectivity index (χ2n) is 5.06. The predicted molar refractivity (Wildman–Crippen MR) is 92.5 cm³/mol. The second kappa shape index (κ2) is 8.23. The number of amides is 1. The maximum atomic E-state index is 12.2. The van der Waals surface area contributed by atoms with E-state index in [2.05, 4.69) is 20.2 Å². The quantitative estimate of drug-likeness (QED) is 0.655. The van der Waals surface area contributed by atoms with Crippen molar-refractivity contribution in [1.29, 1.82) is 0 Å². The molecule has 2 aromatic rings. The number of methoxy groups -OCH3 is 1. The molecule has 1 atom stereocenters. The fraction of sp³-hybridized carbons (Fsp3) is 0.357. The lowest BCUT2D eigenvalue weighted by Gasteiger charge is -2.14. The number of aromatic nitrogens is 2. The molecule has 0 aliphatic carbocycles. The first-order valence-corrected chi connectivity index (χ1v) is 9.50. The summed E-state index contributed by atoms with van der Waals surface area (Å²) in [5.74, 6) is 0.942. The Balaban J connectivity index is 1.92. The average Bonchev–Trinajstić information content (AvgIpc) is 3.01. The fourth-order valence-corrected chi connectivity index (χ4v) is 3.95. The standard InChI is InChI=1S/C14H18N4O5S2/c1-9(8-23-12-6-4-11(22-3)5-7-12)18-25(20,21)14-17-16-13(24-14)15-10(2)19/h4-7,9,18H,8H2,1-3H3,(H,15,16,19). The monoisotopic (exact) mass is 386 g/mol. The van der Waals surface area contributed by atoms with E-state index in [4.69, 9.17) is 9.47 Å². The Morgan fingerprint density at radius 2 is 1.88 bits per heavy atom. The average molecular weight is 386 g/mol. The highest BCUT2D eigenvalue weighted by atomic mass is 32.2. The zero-order valence-corrected chi connectivity index (χ0v) is 15.5. The molecule has 0 bridgehead atoms. The largest absolute Gasteiger partial charge is 0.497 e. The van der Waals surface area contributed by atoms with Crippen molar-refractivity contribution in [2.24, 2.45) is 0 Å². The smallest absolute Gasteiger partial charge is 0.270 e. The molecule has 136 valence electrons. The van der Waals surface area contributed by atoms with Crippen molar-refractivity contribution in [3.05, 3.63) is 24.3 Å². The molecule has 0 spiro atoms. The minimum absolute atomic E-state index is 0.120. The van der Waals surface area contributed by atoms with Crippen LogP contribution in [0.5, 0.6) is 11.5 Å². The number of carbonyl (C=O) groups excluding carboxylic acids is 1. The van der Waals surface area contributed by atoms with Crippen LogP contribution >= 0.6 is 11.3 Å². The molecule has 0 saturated carbocycles. The van der Waals surface area contributed by atoms with Gasteiger partial charge in [-0.25, -0.2) is 13.1 Å². The molecule has 11 heteroatoms. The summed E-state index contributed by atoms with van der Waals surface area (Å²) in [6, 6.07) is 6.44. The number of rotatable bonds is 8. The predicted octanol–water partition coefficient (Wildman–Crippen LogP) is 1.25. The molecule has 2 rings (SSSR count). The molecule has 0 aliphatic heterocycles. The summed E-state index contributed by atoms with van der Waals surface area (Å²) in [5.41, 5.74) is 0. The van der Waals surface area contributed by atoms with Crippen LogP contribution in [0.1, 0.15) is 13.8 Å². The van der Waals surface area contributed by atoms with E-state index >= 15 is 0 Å². The van der Waals surface area contributed by atoms with Gasteiger partial charge in [0.2, 0.25) is 15.4 Å². The van der Waals surface area contributed by atoms with E-state index in [0.29, 0.717) is 11.5 Å². The summed E-state index contributed by atoms with van der Waals surface area (Å²) in [6.45, 7) is 3.09. The second-order valence-corrected chi connectivity index (χ2v) is 7.93. The summed E-state index contributed by atoms with van der Waals surface area (Å²) in [4.78, 5) is 10.9. The number of benzene rings is 1. The maximum absolute atomic E-state index is 12.2. The molecule has 9 nitrogen and oxygen atoms in total. The molecule has 1 unspecified atom stereocenters. The van der Waals surface area contributed by atoms with Gasteiger partial charge in [-0.15, -0.1) is 10.2 Å². The van der Waals surface area contributed by atoms with Gasteiger partial charge in [-0.05, 0) is 31.2 Å². The molecule has 1 aromatic heterocycles. The van der Waals surface area contributed by atoms with Gasteiger partial charge in [0.15, 0.2) is 0 Å². The molecule has 1 amide bonds. The van der Waals surface area contributed by atoms with Crippen molar-refractivity contribution < 1.29 is 22.7 Å². The Morgan fingerprint density at radius 1 is 1.24 bits per heavy atom. The third-order valence-electron chi connectivity index (χ3n) is 2.84. The molecule has 1 heterocycles. The van der Waals surface area contributed by atoms with Gasteiger partial charge in [-0.1, -0.05) is 11.3 Å². The van der Waals surface area contributed by atoms with Gasteiger partial charge >= 0.3 is 0 Å². The molecule has 1 aromatic carbocycles. The highest BCUT2D eigenvalue weighted by Gasteiger charge is 2.23. The van der Waals surface area contributed by atoms with Gasteiger partial charge in [-0.3, -0.25) is 4.79 Å². The number of hydrogen-bond donors (Lipinski definition) is 2. The van der Waals surface area contributed by atoms with Gasteiger partial charge in [0.05, 0.1) is 13.2 Å². The summed E-state index contributed by atoms with van der Waals surface area (Å²) in [5, 5.41) is 9.70. The first kappa shape index (κ1) is 19.1. The lowest BCUT2D eigenvalue weighted by atomic mass is 10.3. The Hall–Kier alpha value is -2.24. The van der Waals surface area contributed by atoms with Crippen molar-refractivity contribution >= 4 is 32.4 Å². The number of sulfonamides is 1. The van der Waals surface area contributed by atoms with Crippen LogP contribution in [0.25, 0.3) is 0 Å². The third kappa shape index (κ3) is 5.66. The summed E-state index contributed by atoms with van der Waals surface area (Å²) >= 11 is 0.769. The lowest BCUT2D eigenvalue weighted by molar-refractivity contribution is -0.114. The van der Waals surface area contributed by atoms with Crippen LogP contribution in [0, 0.1) is 0 Å². The SMILES string of the molecule is COc1ccc(OCC(C)NS(=O)(=O)c2nnc(NC(C)=O)s2)cc1. The van der Waals surface area contributed by atoms with Crippen LogP contribution < -0.4 is 19.5 Å². The Morgan fingerprint density at radius 3 is 2.48 bits per heavy atom. The molecule has 0 radical (unpaired) electrons. The summed E-state index contributed by atoms with van der Waals surface area (Å²) in [7, 11) is -2.28. The van der Waals surface area contributed by atoms with Crippen molar-refractivity contribution in [2.75, 3.05) is 19.0 Å². The number of ether oxygens (including phenoxy) is 2. The topological polar surface area (TPSA) is 120 Å². The molecule has 0 fully saturated rings. The number of nitrogens with zero attached hydrogens (tertiary/aromatic N) is 2. The number of carbonyl (C=O) groups is 1. The lowest BCUT2D eigenvalue weighted by Crippen LogP contribution is -2.36. The molecular formula is C14H18N4O5S2. The van der Waals surface area contributed by atoms with Crippen LogP contribution in [0.2, 0.25) is 0 Å². The van der Waals surface area contributed by atoms with Gasteiger partial charge in [-0.2, -0.15) is 0 Å². The number of nitrogens with one attached hydrogen (secondary N) is 2. The van der Waals surface area contributed by atoms with Crippen molar-refractivity contribution in [3.63, 3.8) is 0 Å². The van der Waals surface area contributed by atoms with E-state index in [-0.39, 0.29) is 22.0 Å². The Labute approximate surface area is 149 Å². The zero-order chi connectivity index (χ0) is 18.4. The van der Waals surface area contributed by atoms with Gasteiger partial charge in [0.25, 0.3) is 10.0 Å². The number of hydrogen-bond acceptors (Lipinski definition) is 8. The van der Waals surface area contributed by atoms with Gasteiger partial charge in [0.1, 0.15) is 18.1 Å². The first-order chi connectivity index (χ1) is 11.8. The van der Waals surface area contributed by atoms with Crippen molar-refractivity contribution in [3.8, 4) is 11.5 Å². The Kier molecular flexibility index (Phi) is 6.28. The van der Waals surface area contributed by atoms with Crippen molar-refractivity contribution in [2.45, 2.75) is 24.2 Å². The van der Waals surface area contributed by atoms with E-state index in [1.807, 2.05) is 0 Å². The summed E-state index contributed by atoms with van der Waals surface area (Å²) in [6.07, 6.45) is 0. The third-order valence-corrected chi connectivity index (χ3v) is 5.63. The number of anilines is 1. The normalized spacial score (nSPS) is 12.4. The van der Waals surface area contributed by atoms with Crippen LogP contribution in [-0.4, -0.2) is 44.3 Å². The zero-order valence-electron chi connectivity index (χ0n) is 13.8. The molecule has 2 N–H and O–H groups in total. The van der Waals surface area contributed by atoms with Crippen LogP contribution in [0.15, 0.2) is 28.6 Å². The van der Waals surface area contributed by atoms with E-state index in [1.54, 1.807) is 38.3 Å². The van der Waals surface area contributed by atoms with Crippen LogP contribution in [-0.2, 0) is 14.8 Å². The first-order valence-electron chi connectivity index (χ1n) is 7.20. The fourth-order valence-electron chi connectivity index (χ4n) is 1.76. The van der Waals surface area contributed by atoms with E-state index < -0.39 is 16.1 Å². The highest BCUT2D eigenvalue weighted by molar-refractivity contribution is 7.91. The molecule has 0 saturated heterocycles. The summed E-state index contributed by atoms with van der Waals surface area (Å²) < 4.78 is 37.3. The van der Waals surface area contributed by atoms with E-state index in [9.17, 15) is 13.2 Å². The highest BCUT2D eigenvalue weighted by Crippen LogP contribution is 2.20. The minimum Gasteiger partial charge on any atom is -0.497 e. The van der Waals surface area contributed by atoms with E-state index in [1.165, 1.54) is 6.92 Å². The van der Waals surface area contributed by atoms with Crippen LogP contribution in [0.3, 0.4) is 0 Å². The maximum Gasteiger partial charge on any atom is 0.270 e.